The zero-order valence-corrected chi connectivity index (χ0v) is 13.3. The number of likely N-dealkylation sites (tertiary alicyclic amines) is 1. The molecule has 0 saturated carbocycles. The quantitative estimate of drug-likeness (QED) is 0.919. The molecule has 7 heteroatoms. The first kappa shape index (κ1) is 15.3. The molecule has 3 heterocycles. The highest BCUT2D eigenvalue weighted by molar-refractivity contribution is 6.36. The lowest BCUT2D eigenvalue weighted by molar-refractivity contribution is 0.0993. The molecule has 1 N–H and O–H groups in total. The van der Waals surface area contributed by atoms with Crippen LogP contribution in [0, 0.1) is 0 Å². The van der Waals surface area contributed by atoms with Crippen LogP contribution in [0.5, 0.6) is 0 Å². The maximum Gasteiger partial charge on any atom is 0.292 e. The Morgan fingerprint density at radius 3 is 2.82 bits per heavy atom. The largest absolute Gasteiger partial charge is 0.455 e. The Bertz CT molecular complexity index is 681. The molecule has 2 aromatic heterocycles. The Morgan fingerprint density at radius 2 is 2.09 bits per heavy atom. The maximum atomic E-state index is 12.2. The van der Waals surface area contributed by atoms with Gasteiger partial charge in [0, 0.05) is 6.20 Å². The first-order valence-corrected chi connectivity index (χ1v) is 7.81. The number of halogens is 2. The average molecular weight is 340 g/mol. The number of furan rings is 1. The molecule has 0 spiro atoms. The van der Waals surface area contributed by atoms with Gasteiger partial charge in [0.2, 0.25) is 0 Å². The molecule has 0 aliphatic carbocycles. The number of aromatic nitrogens is 1. The second kappa shape index (κ2) is 6.69. The number of hydrogen-bond acceptors (Lipinski definition) is 4. The fourth-order valence-corrected chi connectivity index (χ4v) is 2.85. The molecule has 3 rings (SSSR count). The highest BCUT2D eigenvalue weighted by Crippen LogP contribution is 2.23. The van der Waals surface area contributed by atoms with E-state index in [1.807, 2.05) is 6.07 Å². The van der Waals surface area contributed by atoms with Crippen LogP contribution in [-0.2, 0) is 6.54 Å². The second-order valence-corrected chi connectivity index (χ2v) is 6.03. The highest BCUT2D eigenvalue weighted by atomic mass is 35.5. The van der Waals surface area contributed by atoms with Crippen LogP contribution in [0.3, 0.4) is 0 Å². The van der Waals surface area contributed by atoms with Gasteiger partial charge >= 0.3 is 0 Å². The summed E-state index contributed by atoms with van der Waals surface area (Å²) in [6, 6.07) is 5.00. The topological polar surface area (TPSA) is 58.4 Å². The fourth-order valence-electron chi connectivity index (χ4n) is 2.42. The molecule has 116 valence electrons. The Morgan fingerprint density at radius 1 is 1.32 bits per heavy atom. The van der Waals surface area contributed by atoms with Crippen LogP contribution in [-0.4, -0.2) is 28.9 Å². The number of rotatable bonds is 4. The number of nitrogens with one attached hydrogen (secondary N) is 1. The first-order chi connectivity index (χ1) is 10.6. The summed E-state index contributed by atoms with van der Waals surface area (Å²) in [6.07, 6.45) is 3.85. The minimum absolute atomic E-state index is 0.238. The standard InChI is InChI=1S/C15H15Cl2N3O2/c16-10-7-12(17)14(18-8-10)19-15(21)13-4-3-11(22-13)9-20-5-1-2-6-20/h3-4,7-8H,1-2,5-6,9H2,(H,18,19,21). The molecule has 0 bridgehead atoms. The molecule has 0 radical (unpaired) electrons. The van der Waals surface area contributed by atoms with Crippen LogP contribution >= 0.6 is 23.2 Å². The predicted octanol–water partition coefficient (Wildman–Crippen LogP) is 3.83. The lowest BCUT2D eigenvalue weighted by atomic mass is 10.4. The molecule has 1 amide bonds. The molecule has 22 heavy (non-hydrogen) atoms. The van der Waals surface area contributed by atoms with Gasteiger partial charge in [-0.05, 0) is 44.1 Å². The van der Waals surface area contributed by atoms with Crippen molar-refractivity contribution >= 4 is 34.9 Å². The van der Waals surface area contributed by atoms with Gasteiger partial charge in [-0.2, -0.15) is 0 Å². The summed E-state index contributed by atoms with van der Waals surface area (Å²) in [5, 5.41) is 3.31. The van der Waals surface area contributed by atoms with E-state index >= 15 is 0 Å². The fraction of sp³-hybridized carbons (Fsp3) is 0.333. The molecule has 0 atom stereocenters. The molecular formula is C15H15Cl2N3O2. The van der Waals surface area contributed by atoms with Crippen molar-refractivity contribution in [1.82, 2.24) is 9.88 Å². The lowest BCUT2D eigenvalue weighted by Crippen LogP contribution is -2.18. The van der Waals surface area contributed by atoms with Crippen molar-refractivity contribution in [3.63, 3.8) is 0 Å². The minimum Gasteiger partial charge on any atom is -0.455 e. The summed E-state index contributed by atoms with van der Waals surface area (Å²) in [5.74, 6) is 0.891. The molecule has 0 aromatic carbocycles. The second-order valence-electron chi connectivity index (χ2n) is 5.19. The van der Waals surface area contributed by atoms with Crippen LogP contribution in [0.15, 0.2) is 28.8 Å². The number of carbonyl (C=O) groups is 1. The van der Waals surface area contributed by atoms with E-state index in [1.165, 1.54) is 25.1 Å². The van der Waals surface area contributed by atoms with Gasteiger partial charge in [-0.1, -0.05) is 23.2 Å². The third kappa shape index (κ3) is 3.61. The summed E-state index contributed by atoms with van der Waals surface area (Å²) < 4.78 is 5.59. The smallest absolute Gasteiger partial charge is 0.292 e. The van der Waals surface area contributed by atoms with Crippen molar-refractivity contribution in [2.45, 2.75) is 19.4 Å². The third-order valence-electron chi connectivity index (χ3n) is 3.50. The number of amides is 1. The molecule has 1 aliphatic rings. The Labute approximate surface area is 138 Å². The molecule has 0 unspecified atom stereocenters. The van der Waals surface area contributed by atoms with E-state index in [0.29, 0.717) is 5.02 Å². The van der Waals surface area contributed by atoms with Gasteiger partial charge in [0.1, 0.15) is 5.76 Å². The first-order valence-electron chi connectivity index (χ1n) is 7.05. The third-order valence-corrected chi connectivity index (χ3v) is 4.00. The van der Waals surface area contributed by atoms with Gasteiger partial charge in [0.15, 0.2) is 11.6 Å². The number of hydrogen-bond donors (Lipinski definition) is 1. The van der Waals surface area contributed by atoms with Crippen LogP contribution < -0.4 is 5.32 Å². The van der Waals surface area contributed by atoms with E-state index in [-0.39, 0.29) is 22.5 Å². The van der Waals surface area contributed by atoms with Crippen molar-refractivity contribution in [3.8, 4) is 0 Å². The van der Waals surface area contributed by atoms with E-state index in [2.05, 4.69) is 15.2 Å². The zero-order chi connectivity index (χ0) is 15.5. The molecule has 2 aromatic rings. The van der Waals surface area contributed by atoms with E-state index in [4.69, 9.17) is 27.6 Å². The van der Waals surface area contributed by atoms with Crippen LogP contribution in [0.25, 0.3) is 0 Å². The maximum absolute atomic E-state index is 12.2. The summed E-state index contributed by atoms with van der Waals surface area (Å²) in [5.41, 5.74) is 0. The van der Waals surface area contributed by atoms with Crippen molar-refractivity contribution in [2.75, 3.05) is 18.4 Å². The number of anilines is 1. The summed E-state index contributed by atoms with van der Waals surface area (Å²) in [4.78, 5) is 18.4. The molecule has 5 nitrogen and oxygen atoms in total. The van der Waals surface area contributed by atoms with E-state index in [0.717, 1.165) is 25.4 Å². The van der Waals surface area contributed by atoms with Gasteiger partial charge in [0.05, 0.1) is 16.6 Å². The number of nitrogens with zero attached hydrogens (tertiary/aromatic N) is 2. The Hall–Kier alpha value is -1.56. The normalized spacial score (nSPS) is 15.2. The van der Waals surface area contributed by atoms with E-state index in [1.54, 1.807) is 6.07 Å². The number of pyridine rings is 1. The predicted molar refractivity (Wildman–Crippen MR) is 85.4 cm³/mol. The lowest BCUT2D eigenvalue weighted by Gasteiger charge is -2.11. The average Bonchev–Trinajstić information content (AvgIpc) is 3.14. The molecule has 1 aliphatic heterocycles. The van der Waals surface area contributed by atoms with Gasteiger partial charge in [-0.3, -0.25) is 9.69 Å². The molecular weight excluding hydrogens is 325 g/mol. The van der Waals surface area contributed by atoms with E-state index < -0.39 is 0 Å². The zero-order valence-electron chi connectivity index (χ0n) is 11.8. The SMILES string of the molecule is O=C(Nc1ncc(Cl)cc1Cl)c1ccc(CN2CCCC2)o1. The molecule has 1 fully saturated rings. The van der Waals surface area contributed by atoms with Crippen molar-refractivity contribution in [3.05, 3.63) is 46.0 Å². The Kier molecular flexibility index (Phi) is 4.66. The summed E-state index contributed by atoms with van der Waals surface area (Å²) in [6.45, 7) is 2.88. The Balaban J connectivity index is 1.65. The van der Waals surface area contributed by atoms with Gasteiger partial charge in [-0.15, -0.1) is 0 Å². The van der Waals surface area contributed by atoms with Crippen LogP contribution in [0.1, 0.15) is 29.2 Å². The van der Waals surface area contributed by atoms with Gasteiger partial charge < -0.3 is 9.73 Å². The van der Waals surface area contributed by atoms with Crippen LogP contribution in [0.2, 0.25) is 10.0 Å². The van der Waals surface area contributed by atoms with E-state index in [9.17, 15) is 4.79 Å². The van der Waals surface area contributed by atoms with Crippen molar-refractivity contribution in [1.29, 1.82) is 0 Å². The summed E-state index contributed by atoms with van der Waals surface area (Å²) in [7, 11) is 0. The minimum atomic E-state index is -0.385. The van der Waals surface area contributed by atoms with Crippen molar-refractivity contribution < 1.29 is 9.21 Å². The van der Waals surface area contributed by atoms with Gasteiger partial charge in [0.25, 0.3) is 5.91 Å². The monoisotopic (exact) mass is 339 g/mol. The van der Waals surface area contributed by atoms with Crippen LogP contribution in [0.4, 0.5) is 5.82 Å². The number of carbonyl (C=O) groups excluding carboxylic acids is 1. The highest BCUT2D eigenvalue weighted by Gasteiger charge is 2.17. The summed E-state index contributed by atoms with van der Waals surface area (Å²) >= 11 is 11.8. The molecule has 1 saturated heterocycles. The van der Waals surface area contributed by atoms with Gasteiger partial charge in [-0.25, -0.2) is 4.98 Å². The van der Waals surface area contributed by atoms with Crippen molar-refractivity contribution in [2.24, 2.45) is 0 Å².